The highest BCUT2D eigenvalue weighted by Crippen LogP contribution is 2.37. The Morgan fingerprint density at radius 3 is 2.44 bits per heavy atom. The third-order valence-corrected chi connectivity index (χ3v) is 6.21. The second-order valence-corrected chi connectivity index (χ2v) is 8.65. The molecule has 0 spiro atoms. The lowest BCUT2D eigenvalue weighted by Gasteiger charge is -2.16. The van der Waals surface area contributed by atoms with Gasteiger partial charge in [0.15, 0.2) is 23.9 Å². The predicted octanol–water partition coefficient (Wildman–Crippen LogP) is 5.70. The summed E-state index contributed by atoms with van der Waals surface area (Å²) in [5.41, 5.74) is 2.14. The number of fused-ring (bicyclic) bond motifs is 1. The maximum absolute atomic E-state index is 13.5. The van der Waals surface area contributed by atoms with Gasteiger partial charge in [0.2, 0.25) is 11.2 Å². The van der Waals surface area contributed by atoms with Gasteiger partial charge in [0.25, 0.3) is 5.91 Å². The van der Waals surface area contributed by atoms with E-state index in [0.29, 0.717) is 27.7 Å². The number of hydrogen-bond donors (Lipinski definition) is 1. The molecule has 7 nitrogen and oxygen atoms in total. The highest BCUT2D eigenvalue weighted by molar-refractivity contribution is 6.32. The molecule has 4 aromatic rings. The SMILES string of the molecule is COc1ccc(-c2oc3cc(C)c(Cl)cc3c(=O)c2OCC(=O)NC(C)c2ccccc2)cc1OC. The lowest BCUT2D eigenvalue weighted by Crippen LogP contribution is -2.32. The first-order valence-corrected chi connectivity index (χ1v) is 11.7. The summed E-state index contributed by atoms with van der Waals surface area (Å²) in [6.45, 7) is 3.31. The summed E-state index contributed by atoms with van der Waals surface area (Å²) in [4.78, 5) is 26.2. The van der Waals surface area contributed by atoms with Crippen molar-refractivity contribution in [1.29, 1.82) is 0 Å². The van der Waals surface area contributed by atoms with Crippen LogP contribution in [0.3, 0.4) is 0 Å². The smallest absolute Gasteiger partial charge is 0.258 e. The Morgan fingerprint density at radius 1 is 1.03 bits per heavy atom. The number of methoxy groups -OCH3 is 2. The zero-order valence-electron chi connectivity index (χ0n) is 20.4. The van der Waals surface area contributed by atoms with Gasteiger partial charge in [0, 0.05) is 10.6 Å². The van der Waals surface area contributed by atoms with Gasteiger partial charge in [0.1, 0.15) is 5.58 Å². The third kappa shape index (κ3) is 5.16. The average Bonchev–Trinajstić information content (AvgIpc) is 2.89. The molecule has 0 saturated heterocycles. The van der Waals surface area contributed by atoms with Crippen LogP contribution < -0.4 is 25.0 Å². The van der Waals surface area contributed by atoms with E-state index in [1.165, 1.54) is 14.2 Å². The zero-order valence-corrected chi connectivity index (χ0v) is 21.1. The van der Waals surface area contributed by atoms with Crippen LogP contribution in [-0.4, -0.2) is 26.7 Å². The quantitative estimate of drug-likeness (QED) is 0.329. The van der Waals surface area contributed by atoms with Gasteiger partial charge in [-0.05, 0) is 55.3 Å². The molecule has 1 heterocycles. The molecule has 0 bridgehead atoms. The highest BCUT2D eigenvalue weighted by atomic mass is 35.5. The van der Waals surface area contributed by atoms with Crippen molar-refractivity contribution in [3.05, 3.63) is 87.0 Å². The predicted molar refractivity (Wildman–Crippen MR) is 139 cm³/mol. The summed E-state index contributed by atoms with van der Waals surface area (Å²) in [6, 6.07) is 17.6. The third-order valence-electron chi connectivity index (χ3n) is 5.80. The van der Waals surface area contributed by atoms with E-state index in [-0.39, 0.29) is 35.5 Å². The summed E-state index contributed by atoms with van der Waals surface area (Å²) < 4.78 is 22.7. The maximum atomic E-state index is 13.5. The molecule has 1 amide bonds. The Morgan fingerprint density at radius 2 is 1.75 bits per heavy atom. The van der Waals surface area contributed by atoms with E-state index in [4.69, 9.17) is 30.2 Å². The molecule has 8 heteroatoms. The van der Waals surface area contributed by atoms with E-state index < -0.39 is 5.43 Å². The summed E-state index contributed by atoms with van der Waals surface area (Å²) >= 11 is 6.27. The van der Waals surface area contributed by atoms with Crippen molar-refractivity contribution in [3.8, 4) is 28.6 Å². The number of nitrogens with one attached hydrogen (secondary N) is 1. The first-order valence-electron chi connectivity index (χ1n) is 11.3. The Hall–Kier alpha value is -3.97. The van der Waals surface area contributed by atoms with E-state index in [0.717, 1.165) is 11.1 Å². The van der Waals surface area contributed by atoms with Crippen LogP contribution in [0.5, 0.6) is 17.2 Å². The average molecular weight is 508 g/mol. The fourth-order valence-electron chi connectivity index (χ4n) is 3.84. The van der Waals surface area contributed by atoms with Crippen molar-refractivity contribution in [2.45, 2.75) is 19.9 Å². The number of aryl methyl sites for hydroxylation is 1. The van der Waals surface area contributed by atoms with Crippen molar-refractivity contribution in [1.82, 2.24) is 5.32 Å². The lowest BCUT2D eigenvalue weighted by molar-refractivity contribution is -0.123. The molecule has 0 saturated carbocycles. The van der Waals surface area contributed by atoms with Gasteiger partial charge in [-0.3, -0.25) is 9.59 Å². The number of halogens is 1. The molecular formula is C28H26ClNO6. The van der Waals surface area contributed by atoms with Gasteiger partial charge in [-0.2, -0.15) is 0 Å². The molecule has 0 fully saturated rings. The van der Waals surface area contributed by atoms with E-state index in [9.17, 15) is 9.59 Å². The van der Waals surface area contributed by atoms with Gasteiger partial charge < -0.3 is 23.9 Å². The molecule has 3 aromatic carbocycles. The number of amides is 1. The van der Waals surface area contributed by atoms with E-state index >= 15 is 0 Å². The Labute approximate surface area is 213 Å². The standard InChI is InChI=1S/C28H26ClNO6/c1-16-12-23-20(14-21(16)29)26(32)28(27(36-23)19-10-11-22(33-3)24(13-19)34-4)35-15-25(31)30-17(2)18-8-6-5-7-9-18/h5-14,17H,15H2,1-4H3,(H,30,31). The van der Waals surface area contributed by atoms with E-state index in [1.54, 1.807) is 30.3 Å². The Bertz CT molecular complexity index is 1460. The first kappa shape index (κ1) is 25.1. The zero-order chi connectivity index (χ0) is 25.8. The van der Waals surface area contributed by atoms with Gasteiger partial charge in [-0.15, -0.1) is 0 Å². The van der Waals surface area contributed by atoms with Gasteiger partial charge in [-0.1, -0.05) is 41.9 Å². The minimum Gasteiger partial charge on any atom is -0.493 e. The fraction of sp³-hybridized carbons (Fsp3) is 0.214. The number of carbonyl (C=O) groups excluding carboxylic acids is 1. The summed E-state index contributed by atoms with van der Waals surface area (Å²) in [5, 5.41) is 3.56. The molecule has 1 unspecified atom stereocenters. The second-order valence-electron chi connectivity index (χ2n) is 8.25. The van der Waals surface area contributed by atoms with Crippen LogP contribution in [0, 0.1) is 6.92 Å². The van der Waals surface area contributed by atoms with Gasteiger partial charge in [0.05, 0.1) is 25.6 Å². The van der Waals surface area contributed by atoms with Gasteiger partial charge >= 0.3 is 0 Å². The monoisotopic (exact) mass is 507 g/mol. The first-order chi connectivity index (χ1) is 17.3. The minimum atomic E-state index is -0.438. The van der Waals surface area contributed by atoms with Crippen LogP contribution in [0.15, 0.2) is 69.9 Å². The molecule has 4 rings (SSSR count). The number of carbonyl (C=O) groups is 1. The number of benzene rings is 3. The minimum absolute atomic E-state index is 0.0999. The van der Waals surface area contributed by atoms with Crippen LogP contribution in [0.1, 0.15) is 24.1 Å². The lowest BCUT2D eigenvalue weighted by atomic mass is 10.1. The van der Waals surface area contributed by atoms with Crippen LogP contribution in [0.4, 0.5) is 0 Å². The van der Waals surface area contributed by atoms with Crippen molar-refractivity contribution in [3.63, 3.8) is 0 Å². The van der Waals surface area contributed by atoms with Crippen molar-refractivity contribution in [2.75, 3.05) is 20.8 Å². The van der Waals surface area contributed by atoms with Crippen LogP contribution in [0.25, 0.3) is 22.3 Å². The Balaban J connectivity index is 1.72. The molecular weight excluding hydrogens is 482 g/mol. The Kier molecular flexibility index (Phi) is 7.50. The largest absolute Gasteiger partial charge is 0.493 e. The summed E-state index contributed by atoms with van der Waals surface area (Å²) in [5.74, 6) is 0.649. The number of rotatable bonds is 8. The normalized spacial score (nSPS) is 11.7. The fourth-order valence-corrected chi connectivity index (χ4v) is 4.01. The number of ether oxygens (including phenoxy) is 3. The highest BCUT2D eigenvalue weighted by Gasteiger charge is 2.21. The maximum Gasteiger partial charge on any atom is 0.258 e. The molecule has 1 aromatic heterocycles. The molecule has 0 aliphatic heterocycles. The molecule has 1 atom stereocenters. The van der Waals surface area contributed by atoms with E-state index in [1.807, 2.05) is 44.2 Å². The van der Waals surface area contributed by atoms with Crippen LogP contribution in [0.2, 0.25) is 5.02 Å². The van der Waals surface area contributed by atoms with Crippen molar-refractivity contribution in [2.24, 2.45) is 0 Å². The van der Waals surface area contributed by atoms with E-state index in [2.05, 4.69) is 5.32 Å². The van der Waals surface area contributed by atoms with Gasteiger partial charge in [-0.25, -0.2) is 0 Å². The molecule has 36 heavy (non-hydrogen) atoms. The summed E-state index contributed by atoms with van der Waals surface area (Å²) in [7, 11) is 3.04. The van der Waals surface area contributed by atoms with Crippen molar-refractivity contribution < 1.29 is 23.4 Å². The molecule has 1 N–H and O–H groups in total. The molecule has 186 valence electrons. The van der Waals surface area contributed by atoms with Crippen LogP contribution in [-0.2, 0) is 4.79 Å². The van der Waals surface area contributed by atoms with Crippen molar-refractivity contribution >= 4 is 28.5 Å². The molecule has 0 radical (unpaired) electrons. The topological polar surface area (TPSA) is 87.0 Å². The summed E-state index contributed by atoms with van der Waals surface area (Å²) in [6.07, 6.45) is 0. The number of hydrogen-bond acceptors (Lipinski definition) is 6. The molecule has 0 aliphatic rings. The molecule has 0 aliphatic carbocycles. The second kappa shape index (κ2) is 10.7. The van der Waals surface area contributed by atoms with Crippen LogP contribution >= 0.6 is 11.6 Å².